The van der Waals surface area contributed by atoms with Gasteiger partial charge in [-0.3, -0.25) is 9.59 Å². The van der Waals surface area contributed by atoms with E-state index in [2.05, 4.69) is 5.32 Å². The average molecular weight is 286 g/mol. The molecule has 2 amide bonds. The van der Waals surface area contributed by atoms with Gasteiger partial charge in [0.2, 0.25) is 11.8 Å². The zero-order valence-electron chi connectivity index (χ0n) is 13.9. The van der Waals surface area contributed by atoms with E-state index in [0.717, 1.165) is 0 Å². The van der Waals surface area contributed by atoms with E-state index in [1.807, 2.05) is 48.5 Å². The largest absolute Gasteiger partial charge is 0.369 e. The molecule has 0 unspecified atom stereocenters. The van der Waals surface area contributed by atoms with E-state index in [1.54, 1.807) is 0 Å². The molecule has 0 heterocycles. The van der Waals surface area contributed by atoms with Crippen LogP contribution < -0.4 is 11.1 Å². The fraction of sp³-hybridized carbons (Fsp3) is 0.867. The number of nitrogens with one attached hydrogen (secondary N) is 1. The first-order chi connectivity index (χ1) is 8.75. The summed E-state index contributed by atoms with van der Waals surface area (Å²) in [5, 5.41) is 2.84. The highest BCUT2D eigenvalue weighted by molar-refractivity contribution is 5.80. The van der Waals surface area contributed by atoms with Crippen LogP contribution >= 0.6 is 0 Å². The fourth-order valence-corrected chi connectivity index (χ4v) is 2.02. The number of rotatable bonds is 7. The summed E-state index contributed by atoms with van der Waals surface area (Å²) in [6.07, 6.45) is 0.607. The van der Waals surface area contributed by atoms with E-state index in [-0.39, 0.29) is 29.4 Å². The van der Waals surface area contributed by atoms with Crippen LogP contribution in [-0.2, 0) is 14.3 Å². The summed E-state index contributed by atoms with van der Waals surface area (Å²) >= 11 is 0. The summed E-state index contributed by atoms with van der Waals surface area (Å²) in [5.74, 6) is -0.474. The lowest BCUT2D eigenvalue weighted by Gasteiger charge is -2.33. The van der Waals surface area contributed by atoms with Gasteiger partial charge in [-0.1, -0.05) is 27.7 Å². The maximum absolute atomic E-state index is 11.7. The maximum Gasteiger partial charge on any atom is 0.246 e. The number of hydrogen-bond acceptors (Lipinski definition) is 3. The molecule has 0 radical (unpaired) electrons. The maximum atomic E-state index is 11.7. The van der Waals surface area contributed by atoms with E-state index in [4.69, 9.17) is 10.5 Å². The molecule has 0 aromatic rings. The number of primary amides is 1. The van der Waals surface area contributed by atoms with Crippen molar-refractivity contribution in [2.75, 3.05) is 13.2 Å². The fourth-order valence-electron chi connectivity index (χ4n) is 2.02. The lowest BCUT2D eigenvalue weighted by molar-refractivity contribution is -0.131. The van der Waals surface area contributed by atoms with Crippen molar-refractivity contribution in [2.45, 2.75) is 60.5 Å². The quantitative estimate of drug-likeness (QED) is 0.749. The van der Waals surface area contributed by atoms with Crippen molar-refractivity contribution in [1.82, 2.24) is 5.32 Å². The molecule has 0 aromatic heterocycles. The van der Waals surface area contributed by atoms with Gasteiger partial charge in [-0.05, 0) is 32.6 Å². The number of carbonyl (C=O) groups is 2. The first-order valence-corrected chi connectivity index (χ1v) is 6.96. The molecule has 0 fully saturated rings. The molecule has 3 N–H and O–H groups in total. The zero-order valence-corrected chi connectivity index (χ0v) is 13.9. The standard InChI is InChI=1S/C15H30N2O3/c1-13(2,3)20-8-11(18)17-10-14(4,5)9-15(6,7)12(16)19/h8-10H2,1-7H3,(H2,16,19)(H,17,18). The van der Waals surface area contributed by atoms with Gasteiger partial charge in [0.25, 0.3) is 0 Å². The van der Waals surface area contributed by atoms with Gasteiger partial charge in [0.1, 0.15) is 6.61 Å². The molecule has 0 bridgehead atoms. The van der Waals surface area contributed by atoms with Gasteiger partial charge >= 0.3 is 0 Å². The number of carbonyl (C=O) groups excluding carboxylic acids is 2. The zero-order chi connectivity index (χ0) is 16.2. The molecule has 0 aliphatic heterocycles. The Kier molecular flexibility index (Phi) is 6.21. The number of hydrogen-bond donors (Lipinski definition) is 2. The molecule has 0 aliphatic rings. The molecule has 0 aliphatic carbocycles. The van der Waals surface area contributed by atoms with Gasteiger partial charge in [-0.2, -0.15) is 0 Å². The second-order valence-electron chi connectivity index (χ2n) is 7.77. The van der Waals surface area contributed by atoms with Gasteiger partial charge in [0.05, 0.1) is 5.60 Å². The number of nitrogens with two attached hydrogens (primary N) is 1. The van der Waals surface area contributed by atoms with Crippen LogP contribution in [0.15, 0.2) is 0 Å². The predicted molar refractivity (Wildman–Crippen MR) is 80.1 cm³/mol. The second kappa shape index (κ2) is 6.57. The lowest BCUT2D eigenvalue weighted by Crippen LogP contribution is -2.42. The lowest BCUT2D eigenvalue weighted by atomic mass is 9.74. The summed E-state index contributed by atoms with van der Waals surface area (Å²) in [4.78, 5) is 23.1. The molecule has 20 heavy (non-hydrogen) atoms. The molecule has 118 valence electrons. The third-order valence-electron chi connectivity index (χ3n) is 2.99. The second-order valence-corrected chi connectivity index (χ2v) is 7.77. The van der Waals surface area contributed by atoms with E-state index >= 15 is 0 Å². The molecule has 0 aromatic carbocycles. The van der Waals surface area contributed by atoms with Crippen molar-refractivity contribution in [3.63, 3.8) is 0 Å². The van der Waals surface area contributed by atoms with Gasteiger partial charge in [-0.15, -0.1) is 0 Å². The van der Waals surface area contributed by atoms with Crippen LogP contribution in [0.2, 0.25) is 0 Å². The highest BCUT2D eigenvalue weighted by Gasteiger charge is 2.33. The van der Waals surface area contributed by atoms with Crippen molar-refractivity contribution in [1.29, 1.82) is 0 Å². The first-order valence-electron chi connectivity index (χ1n) is 6.96. The van der Waals surface area contributed by atoms with Crippen LogP contribution in [0.4, 0.5) is 0 Å². The van der Waals surface area contributed by atoms with E-state index in [0.29, 0.717) is 13.0 Å². The highest BCUT2D eigenvalue weighted by Crippen LogP contribution is 2.32. The van der Waals surface area contributed by atoms with Crippen molar-refractivity contribution >= 4 is 11.8 Å². The number of amides is 2. The normalized spacial score (nSPS) is 13.2. The Balaban J connectivity index is 4.29. The van der Waals surface area contributed by atoms with Crippen LogP contribution in [0, 0.1) is 10.8 Å². The predicted octanol–water partition coefficient (Wildman–Crippen LogP) is 1.85. The molecular weight excluding hydrogens is 256 g/mol. The summed E-state index contributed by atoms with van der Waals surface area (Å²) in [5.41, 5.74) is 4.25. The topological polar surface area (TPSA) is 81.4 Å². The molecule has 5 heteroatoms. The van der Waals surface area contributed by atoms with E-state index in [1.165, 1.54) is 0 Å². The highest BCUT2D eigenvalue weighted by atomic mass is 16.5. The van der Waals surface area contributed by atoms with E-state index in [9.17, 15) is 9.59 Å². The monoisotopic (exact) mass is 286 g/mol. The SMILES string of the molecule is CC(C)(CNC(=O)COC(C)(C)C)CC(C)(C)C(N)=O. The third-order valence-corrected chi connectivity index (χ3v) is 2.99. The molecule has 5 nitrogen and oxygen atoms in total. The first kappa shape index (κ1) is 18.9. The minimum absolute atomic E-state index is 0.0405. The molecule has 0 spiro atoms. The van der Waals surface area contributed by atoms with Gasteiger partial charge in [-0.25, -0.2) is 0 Å². The minimum Gasteiger partial charge on any atom is -0.369 e. The van der Waals surface area contributed by atoms with Crippen molar-refractivity contribution in [3.8, 4) is 0 Å². The Hall–Kier alpha value is -1.10. The average Bonchev–Trinajstić information content (AvgIpc) is 2.21. The Morgan fingerprint density at radius 2 is 1.55 bits per heavy atom. The van der Waals surface area contributed by atoms with Crippen molar-refractivity contribution in [3.05, 3.63) is 0 Å². The van der Waals surface area contributed by atoms with E-state index < -0.39 is 5.41 Å². The van der Waals surface area contributed by atoms with Crippen LogP contribution in [0.25, 0.3) is 0 Å². The van der Waals surface area contributed by atoms with Gasteiger partial charge in [0.15, 0.2) is 0 Å². The molecule has 0 atom stereocenters. The summed E-state index contributed by atoms with van der Waals surface area (Å²) in [6.45, 7) is 13.9. The van der Waals surface area contributed by atoms with Crippen LogP contribution in [0.3, 0.4) is 0 Å². The Morgan fingerprint density at radius 1 is 1.05 bits per heavy atom. The van der Waals surface area contributed by atoms with Crippen molar-refractivity contribution in [2.24, 2.45) is 16.6 Å². The summed E-state index contributed by atoms with van der Waals surface area (Å²) in [7, 11) is 0. The molecule has 0 rings (SSSR count). The Morgan fingerprint density at radius 3 is 1.95 bits per heavy atom. The van der Waals surface area contributed by atoms with Crippen LogP contribution in [0.1, 0.15) is 54.9 Å². The van der Waals surface area contributed by atoms with Crippen LogP contribution in [0.5, 0.6) is 0 Å². The third kappa shape index (κ3) is 8.15. The van der Waals surface area contributed by atoms with Gasteiger partial charge in [0, 0.05) is 12.0 Å². The Bertz CT molecular complexity index is 355. The van der Waals surface area contributed by atoms with Gasteiger partial charge < -0.3 is 15.8 Å². The molecular formula is C15H30N2O3. The molecule has 0 saturated heterocycles. The smallest absolute Gasteiger partial charge is 0.246 e. The Labute approximate surface area is 122 Å². The number of ether oxygens (including phenoxy) is 1. The van der Waals surface area contributed by atoms with Crippen LogP contribution in [-0.4, -0.2) is 30.6 Å². The summed E-state index contributed by atoms with van der Waals surface area (Å²) in [6, 6.07) is 0. The summed E-state index contributed by atoms with van der Waals surface area (Å²) < 4.78 is 5.41. The van der Waals surface area contributed by atoms with Crippen molar-refractivity contribution < 1.29 is 14.3 Å². The minimum atomic E-state index is -0.587. The molecule has 0 saturated carbocycles.